The molecule has 0 bridgehead atoms. The highest BCUT2D eigenvalue weighted by Crippen LogP contribution is 2.25. The van der Waals surface area contributed by atoms with Gasteiger partial charge in [-0.05, 0) is 11.6 Å². The summed E-state index contributed by atoms with van der Waals surface area (Å²) in [6.07, 6.45) is 1.72. The van der Waals surface area contributed by atoms with Crippen LogP contribution in [-0.4, -0.2) is 22.6 Å². The predicted molar refractivity (Wildman–Crippen MR) is 61.2 cm³/mol. The molecule has 0 amide bonds. The Hall–Kier alpha value is -1.85. The molecule has 0 fully saturated rings. The van der Waals surface area contributed by atoms with Gasteiger partial charge in [-0.1, -0.05) is 12.1 Å². The first-order valence-electron chi connectivity index (χ1n) is 4.94. The number of aromatic carboxylic acids is 1. The largest absolute Gasteiger partial charge is 0.478 e. The van der Waals surface area contributed by atoms with Crippen LogP contribution in [0.2, 0.25) is 0 Å². The van der Waals surface area contributed by atoms with Gasteiger partial charge < -0.3 is 21.6 Å². The van der Waals surface area contributed by atoms with Crippen molar-refractivity contribution in [2.75, 3.05) is 6.54 Å². The van der Waals surface area contributed by atoms with Crippen molar-refractivity contribution in [2.24, 2.45) is 11.5 Å². The maximum Gasteiger partial charge on any atom is 0.337 e. The number of hydrogen-bond acceptors (Lipinski definition) is 3. The third-order valence-corrected chi connectivity index (χ3v) is 2.63. The number of aromatic nitrogens is 1. The minimum Gasteiger partial charge on any atom is -0.478 e. The second kappa shape index (κ2) is 3.96. The SMILES string of the molecule is NC[C@H](N)c1c[nH]c2c(C(=O)O)cccc12. The van der Waals surface area contributed by atoms with Crippen LogP contribution in [0.3, 0.4) is 0 Å². The van der Waals surface area contributed by atoms with Crippen molar-refractivity contribution in [1.29, 1.82) is 0 Å². The fraction of sp³-hybridized carbons (Fsp3) is 0.182. The van der Waals surface area contributed by atoms with E-state index in [4.69, 9.17) is 16.6 Å². The van der Waals surface area contributed by atoms with Crippen LogP contribution in [0.15, 0.2) is 24.4 Å². The lowest BCUT2D eigenvalue weighted by molar-refractivity contribution is 0.0699. The molecule has 84 valence electrons. The minimum absolute atomic E-state index is 0.243. The van der Waals surface area contributed by atoms with Gasteiger partial charge in [-0.15, -0.1) is 0 Å². The average Bonchev–Trinajstić information content (AvgIpc) is 2.71. The van der Waals surface area contributed by atoms with E-state index in [-0.39, 0.29) is 11.6 Å². The van der Waals surface area contributed by atoms with Crippen LogP contribution in [0.25, 0.3) is 10.9 Å². The summed E-state index contributed by atoms with van der Waals surface area (Å²) in [5.41, 5.74) is 13.0. The smallest absolute Gasteiger partial charge is 0.337 e. The number of carboxylic acid groups (broad SMARTS) is 1. The number of nitrogens with two attached hydrogens (primary N) is 2. The number of nitrogens with one attached hydrogen (secondary N) is 1. The van der Waals surface area contributed by atoms with E-state index < -0.39 is 5.97 Å². The molecule has 0 aliphatic carbocycles. The van der Waals surface area contributed by atoms with Crippen LogP contribution in [0.4, 0.5) is 0 Å². The van der Waals surface area contributed by atoms with Gasteiger partial charge in [-0.2, -0.15) is 0 Å². The van der Waals surface area contributed by atoms with Gasteiger partial charge >= 0.3 is 5.97 Å². The second-order valence-corrected chi connectivity index (χ2v) is 3.62. The van der Waals surface area contributed by atoms with E-state index in [9.17, 15) is 4.79 Å². The van der Waals surface area contributed by atoms with E-state index in [1.54, 1.807) is 18.3 Å². The summed E-state index contributed by atoms with van der Waals surface area (Å²) in [5, 5.41) is 9.83. The Balaban J connectivity index is 2.66. The van der Waals surface area contributed by atoms with Gasteiger partial charge in [0, 0.05) is 24.2 Å². The van der Waals surface area contributed by atoms with Gasteiger partial charge in [0.05, 0.1) is 11.1 Å². The van der Waals surface area contributed by atoms with Crippen LogP contribution < -0.4 is 11.5 Å². The molecule has 1 heterocycles. The summed E-state index contributed by atoms with van der Waals surface area (Å²) in [5.74, 6) is -0.958. The van der Waals surface area contributed by atoms with E-state index in [1.165, 1.54) is 0 Å². The third kappa shape index (κ3) is 1.56. The maximum atomic E-state index is 11.0. The zero-order valence-electron chi connectivity index (χ0n) is 8.60. The van der Waals surface area contributed by atoms with Crippen molar-refractivity contribution in [3.05, 3.63) is 35.5 Å². The second-order valence-electron chi connectivity index (χ2n) is 3.62. The zero-order valence-corrected chi connectivity index (χ0v) is 8.60. The van der Waals surface area contributed by atoms with Crippen LogP contribution in [0, 0.1) is 0 Å². The molecule has 1 atom stereocenters. The van der Waals surface area contributed by atoms with Gasteiger partial charge in [0.1, 0.15) is 0 Å². The molecule has 0 aliphatic heterocycles. The Morgan fingerprint density at radius 3 is 2.88 bits per heavy atom. The van der Waals surface area contributed by atoms with Crippen molar-refractivity contribution in [3.63, 3.8) is 0 Å². The number of benzene rings is 1. The third-order valence-electron chi connectivity index (χ3n) is 2.63. The van der Waals surface area contributed by atoms with E-state index in [1.807, 2.05) is 6.07 Å². The Morgan fingerprint density at radius 2 is 2.25 bits per heavy atom. The molecule has 2 aromatic rings. The Kier molecular flexibility index (Phi) is 2.64. The zero-order chi connectivity index (χ0) is 11.7. The van der Waals surface area contributed by atoms with Crippen molar-refractivity contribution in [2.45, 2.75) is 6.04 Å². The number of rotatable bonds is 3. The molecule has 0 radical (unpaired) electrons. The van der Waals surface area contributed by atoms with Crippen LogP contribution in [-0.2, 0) is 0 Å². The first-order valence-corrected chi connectivity index (χ1v) is 4.94. The molecule has 0 spiro atoms. The number of carbonyl (C=O) groups is 1. The lowest BCUT2D eigenvalue weighted by Gasteiger charge is -2.06. The molecular weight excluding hydrogens is 206 g/mol. The standard InChI is InChI=1S/C11H13N3O2/c12-4-9(13)8-5-14-10-6(8)2-1-3-7(10)11(15)16/h1-3,5,9,14H,4,12-13H2,(H,15,16)/t9-/m0/s1. The Morgan fingerprint density at radius 1 is 1.50 bits per heavy atom. The number of aromatic amines is 1. The monoisotopic (exact) mass is 219 g/mol. The van der Waals surface area contributed by atoms with Gasteiger partial charge in [-0.25, -0.2) is 4.79 Å². The van der Waals surface area contributed by atoms with Crippen LogP contribution in [0.5, 0.6) is 0 Å². The first-order chi connectivity index (χ1) is 7.65. The fourth-order valence-electron chi connectivity index (χ4n) is 1.79. The van der Waals surface area contributed by atoms with Gasteiger partial charge in [-0.3, -0.25) is 0 Å². The van der Waals surface area contributed by atoms with E-state index in [2.05, 4.69) is 4.98 Å². The molecule has 0 saturated heterocycles. The van der Waals surface area contributed by atoms with Crippen LogP contribution in [0.1, 0.15) is 22.0 Å². The lowest BCUT2D eigenvalue weighted by Crippen LogP contribution is -2.20. The minimum atomic E-state index is -0.958. The molecule has 0 saturated carbocycles. The number of H-pyrrole nitrogens is 1. The van der Waals surface area contributed by atoms with Crippen molar-refractivity contribution >= 4 is 16.9 Å². The van der Waals surface area contributed by atoms with E-state index >= 15 is 0 Å². The molecule has 1 aromatic heterocycles. The molecule has 1 aromatic carbocycles. The summed E-state index contributed by atoms with van der Waals surface area (Å²) in [7, 11) is 0. The fourth-order valence-corrected chi connectivity index (χ4v) is 1.79. The molecule has 0 aliphatic rings. The summed E-state index contributed by atoms with van der Waals surface area (Å²) in [4.78, 5) is 13.9. The number of carboxylic acids is 1. The highest BCUT2D eigenvalue weighted by molar-refractivity contribution is 6.03. The number of fused-ring (bicyclic) bond motifs is 1. The molecule has 6 N–H and O–H groups in total. The summed E-state index contributed by atoms with van der Waals surface area (Å²) in [6.45, 7) is 0.324. The van der Waals surface area contributed by atoms with Crippen LogP contribution >= 0.6 is 0 Å². The van der Waals surface area contributed by atoms with E-state index in [0.717, 1.165) is 10.9 Å². The number of para-hydroxylation sites is 1. The topological polar surface area (TPSA) is 105 Å². The van der Waals surface area contributed by atoms with Gasteiger partial charge in [0.25, 0.3) is 0 Å². The lowest BCUT2D eigenvalue weighted by atomic mass is 10.0. The van der Waals surface area contributed by atoms with Crippen molar-refractivity contribution < 1.29 is 9.90 Å². The quantitative estimate of drug-likeness (QED) is 0.613. The van der Waals surface area contributed by atoms with Crippen molar-refractivity contribution in [1.82, 2.24) is 4.98 Å². The Labute approximate surface area is 92.1 Å². The van der Waals surface area contributed by atoms with Crippen molar-refractivity contribution in [3.8, 4) is 0 Å². The molecule has 5 heteroatoms. The predicted octanol–water partition coefficient (Wildman–Crippen LogP) is 0.825. The first kappa shape index (κ1) is 10.7. The molecular formula is C11H13N3O2. The summed E-state index contributed by atoms with van der Waals surface area (Å²) < 4.78 is 0. The highest BCUT2D eigenvalue weighted by Gasteiger charge is 2.14. The molecule has 16 heavy (non-hydrogen) atoms. The van der Waals surface area contributed by atoms with E-state index in [0.29, 0.717) is 12.1 Å². The highest BCUT2D eigenvalue weighted by atomic mass is 16.4. The normalized spacial score (nSPS) is 12.9. The maximum absolute atomic E-state index is 11.0. The van der Waals surface area contributed by atoms with Gasteiger partial charge in [0.15, 0.2) is 0 Å². The molecule has 0 unspecified atom stereocenters. The average molecular weight is 219 g/mol. The molecule has 2 rings (SSSR count). The number of hydrogen-bond donors (Lipinski definition) is 4. The summed E-state index contributed by atoms with van der Waals surface area (Å²) in [6, 6.07) is 4.81. The Bertz CT molecular complexity index is 533. The van der Waals surface area contributed by atoms with Gasteiger partial charge in [0.2, 0.25) is 0 Å². The molecule has 5 nitrogen and oxygen atoms in total. The summed E-state index contributed by atoms with van der Waals surface area (Å²) >= 11 is 0.